The van der Waals surface area contributed by atoms with Crippen molar-refractivity contribution in [3.8, 4) is 16.9 Å². The van der Waals surface area contributed by atoms with Crippen LogP contribution in [0.1, 0.15) is 0 Å². The van der Waals surface area contributed by atoms with Crippen LogP contribution in [-0.2, 0) is 11.8 Å². The number of rotatable bonds is 2. The summed E-state index contributed by atoms with van der Waals surface area (Å²) in [4.78, 5) is 0. The van der Waals surface area contributed by atoms with Crippen LogP contribution in [0.5, 0.6) is 5.75 Å². The fraction of sp³-hybridized carbons (Fsp3) is 0. The van der Waals surface area contributed by atoms with E-state index < -0.39 is 0 Å². The molecule has 0 aliphatic heterocycles. The van der Waals surface area contributed by atoms with Gasteiger partial charge in [0.1, 0.15) is 5.75 Å². The van der Waals surface area contributed by atoms with E-state index in [4.69, 9.17) is 11.8 Å². The molecule has 1 N–H and O–H groups in total. The first-order valence-electron chi connectivity index (χ1n) is 4.53. The van der Waals surface area contributed by atoms with Gasteiger partial charge in [0, 0.05) is 18.2 Å². The van der Waals surface area contributed by atoms with Crippen LogP contribution in [0.3, 0.4) is 0 Å². The summed E-state index contributed by atoms with van der Waals surface area (Å²) in [5.41, 5.74) is 1.85. The highest BCUT2D eigenvalue weighted by molar-refractivity contribution is 7.99. The minimum Gasteiger partial charge on any atom is -0.507 e. The number of phenolic OH excluding ortho intramolecular Hbond substituents is 1. The first-order chi connectivity index (χ1) is 7.33. The van der Waals surface area contributed by atoms with Gasteiger partial charge in [-0.1, -0.05) is 48.2 Å². The van der Waals surface area contributed by atoms with Gasteiger partial charge in [0.25, 0.3) is 0 Å². The topological polar surface area (TPSA) is 20.2 Å². The van der Waals surface area contributed by atoms with E-state index in [2.05, 4.69) is 0 Å². The van der Waals surface area contributed by atoms with Gasteiger partial charge in [-0.2, -0.15) is 0 Å². The number of phenols is 1. The standard InChI is InChI=1S/C12H9OPS/c13-11-7-3-1-5-9(11)10-6-2-4-8-12(10)14-15/h1-8,13H. The summed E-state index contributed by atoms with van der Waals surface area (Å²) >= 11 is 5.04. The van der Waals surface area contributed by atoms with E-state index in [1.54, 1.807) is 6.07 Å². The molecule has 0 heterocycles. The highest BCUT2D eigenvalue weighted by Gasteiger charge is 2.06. The largest absolute Gasteiger partial charge is 0.507 e. The van der Waals surface area contributed by atoms with Crippen molar-refractivity contribution in [1.82, 2.24) is 0 Å². The molecule has 2 aromatic carbocycles. The Morgan fingerprint density at radius 2 is 1.47 bits per heavy atom. The maximum Gasteiger partial charge on any atom is 0.123 e. The van der Waals surface area contributed by atoms with Crippen LogP contribution in [0.25, 0.3) is 11.1 Å². The van der Waals surface area contributed by atoms with E-state index in [0.717, 1.165) is 23.8 Å². The molecule has 0 unspecified atom stereocenters. The van der Waals surface area contributed by atoms with Crippen molar-refractivity contribution in [3.05, 3.63) is 48.5 Å². The minimum absolute atomic E-state index is 0.295. The molecule has 2 rings (SSSR count). The van der Waals surface area contributed by atoms with E-state index >= 15 is 0 Å². The number of hydrogen-bond donors (Lipinski definition) is 1. The average molecular weight is 232 g/mol. The van der Waals surface area contributed by atoms with Gasteiger partial charge >= 0.3 is 0 Å². The van der Waals surface area contributed by atoms with E-state index in [0.29, 0.717) is 5.75 Å². The van der Waals surface area contributed by atoms with Crippen molar-refractivity contribution in [2.75, 3.05) is 0 Å². The summed E-state index contributed by atoms with van der Waals surface area (Å²) in [6, 6.07) is 15.2. The second-order valence-corrected chi connectivity index (χ2v) is 4.34. The molecule has 0 bridgehead atoms. The fourth-order valence-electron chi connectivity index (χ4n) is 1.48. The fourth-order valence-corrected chi connectivity index (χ4v) is 2.40. The smallest absolute Gasteiger partial charge is 0.123 e. The van der Waals surface area contributed by atoms with Gasteiger partial charge in [-0.05, 0) is 17.7 Å². The van der Waals surface area contributed by atoms with Crippen molar-refractivity contribution in [1.29, 1.82) is 0 Å². The van der Waals surface area contributed by atoms with Gasteiger partial charge in [-0.15, -0.1) is 0 Å². The zero-order chi connectivity index (χ0) is 10.7. The molecule has 0 saturated carbocycles. The van der Waals surface area contributed by atoms with E-state index in [1.165, 1.54) is 0 Å². The molecule has 0 spiro atoms. The molecule has 0 radical (unpaired) electrons. The predicted octanol–water partition coefficient (Wildman–Crippen LogP) is 3.09. The monoisotopic (exact) mass is 232 g/mol. The SMILES string of the molecule is Oc1ccccc1-c1ccccc1P=S. The van der Waals surface area contributed by atoms with E-state index in [9.17, 15) is 5.11 Å². The lowest BCUT2D eigenvalue weighted by Gasteiger charge is -2.06. The third-order valence-corrected chi connectivity index (χ3v) is 3.37. The van der Waals surface area contributed by atoms with Crippen molar-refractivity contribution < 1.29 is 5.11 Å². The van der Waals surface area contributed by atoms with E-state index in [1.807, 2.05) is 42.5 Å². The van der Waals surface area contributed by atoms with Gasteiger partial charge in [-0.25, -0.2) is 0 Å². The number of benzene rings is 2. The number of hydrogen-bond acceptors (Lipinski definition) is 2. The van der Waals surface area contributed by atoms with Gasteiger partial charge in [0.15, 0.2) is 0 Å². The Morgan fingerprint density at radius 1 is 0.867 bits per heavy atom. The Balaban J connectivity index is 2.64. The molecule has 0 fully saturated rings. The summed E-state index contributed by atoms with van der Waals surface area (Å²) in [6.45, 7) is 0. The Morgan fingerprint density at radius 3 is 2.13 bits per heavy atom. The highest BCUT2D eigenvalue weighted by atomic mass is 32.4. The summed E-state index contributed by atoms with van der Waals surface area (Å²) in [5.74, 6) is 0.295. The summed E-state index contributed by atoms with van der Waals surface area (Å²) in [5, 5.41) is 10.8. The second kappa shape index (κ2) is 4.52. The first kappa shape index (κ1) is 10.3. The molecule has 15 heavy (non-hydrogen) atoms. The van der Waals surface area contributed by atoms with Crippen molar-refractivity contribution in [3.63, 3.8) is 0 Å². The minimum atomic E-state index is 0.295. The molecule has 3 heteroatoms. The summed E-state index contributed by atoms with van der Waals surface area (Å²) < 4.78 is 0. The second-order valence-electron chi connectivity index (χ2n) is 3.13. The molecular formula is C12H9OPS. The van der Waals surface area contributed by atoms with Crippen molar-refractivity contribution >= 4 is 24.5 Å². The Kier molecular flexibility index (Phi) is 3.10. The molecule has 1 nitrogen and oxygen atoms in total. The third-order valence-electron chi connectivity index (χ3n) is 2.20. The normalized spacial score (nSPS) is 10.4. The van der Waals surface area contributed by atoms with E-state index in [-0.39, 0.29) is 0 Å². The molecule has 0 aromatic heterocycles. The highest BCUT2D eigenvalue weighted by Crippen LogP contribution is 2.28. The zero-order valence-electron chi connectivity index (χ0n) is 7.92. The molecule has 2 aromatic rings. The molecule has 0 saturated heterocycles. The van der Waals surface area contributed by atoms with Crippen LogP contribution < -0.4 is 5.30 Å². The number of aromatic hydroxyl groups is 1. The predicted molar refractivity (Wildman–Crippen MR) is 67.5 cm³/mol. The molecule has 74 valence electrons. The van der Waals surface area contributed by atoms with Gasteiger partial charge in [-0.3, -0.25) is 0 Å². The molecule has 0 atom stereocenters. The molecular weight excluding hydrogens is 223 g/mol. The lowest BCUT2D eigenvalue weighted by Crippen LogP contribution is -1.96. The molecule has 0 aliphatic rings. The summed E-state index contributed by atoms with van der Waals surface area (Å²) in [6.07, 6.45) is 0. The van der Waals surface area contributed by atoms with Crippen LogP contribution in [-0.4, -0.2) is 5.11 Å². The maximum absolute atomic E-state index is 9.75. The number of para-hydroxylation sites is 1. The lowest BCUT2D eigenvalue weighted by atomic mass is 10.0. The maximum atomic E-state index is 9.75. The molecule has 0 amide bonds. The average Bonchev–Trinajstić information content (AvgIpc) is 2.30. The van der Waals surface area contributed by atoms with Crippen molar-refractivity contribution in [2.24, 2.45) is 0 Å². The first-order valence-corrected chi connectivity index (χ1v) is 6.44. The van der Waals surface area contributed by atoms with Gasteiger partial charge in [0.2, 0.25) is 0 Å². The lowest BCUT2D eigenvalue weighted by molar-refractivity contribution is 0.477. The van der Waals surface area contributed by atoms with Crippen LogP contribution in [0.2, 0.25) is 0 Å². The van der Waals surface area contributed by atoms with Crippen LogP contribution in [0, 0.1) is 0 Å². The quantitative estimate of drug-likeness (QED) is 0.803. The Labute approximate surface area is 95.2 Å². The van der Waals surface area contributed by atoms with Crippen LogP contribution in [0.4, 0.5) is 0 Å². The third kappa shape index (κ3) is 2.06. The van der Waals surface area contributed by atoms with Crippen LogP contribution in [0.15, 0.2) is 48.5 Å². The van der Waals surface area contributed by atoms with Crippen LogP contribution >= 0.6 is 7.36 Å². The van der Waals surface area contributed by atoms with Crippen molar-refractivity contribution in [2.45, 2.75) is 0 Å². The van der Waals surface area contributed by atoms with Gasteiger partial charge in [0.05, 0.1) is 0 Å². The Bertz CT molecular complexity index is 496. The van der Waals surface area contributed by atoms with Gasteiger partial charge < -0.3 is 5.11 Å². The zero-order valence-corrected chi connectivity index (χ0v) is 9.63. The molecule has 0 aliphatic carbocycles. The summed E-state index contributed by atoms with van der Waals surface area (Å²) in [7, 11) is 0.797. The Hall–Kier alpha value is -1.24.